The Labute approximate surface area is 130 Å². The van der Waals surface area contributed by atoms with Gasteiger partial charge in [0.1, 0.15) is 11.6 Å². The highest BCUT2D eigenvalue weighted by Gasteiger charge is 2.11. The Balaban J connectivity index is 2.45. The molecular weight excluding hydrogens is 405 g/mol. The van der Waals surface area contributed by atoms with Crippen molar-refractivity contribution in [3.8, 4) is 0 Å². The largest absolute Gasteiger partial charge is 0.397 e. The van der Waals surface area contributed by atoms with Gasteiger partial charge < -0.3 is 11.1 Å². The Hall–Kier alpha value is -0.850. The Bertz CT molecular complexity index is 627. The SMILES string of the molecule is Nc1cc(F)c(Br)cc1Nc1c(Cl)cc(F)cc1Br. The van der Waals surface area contributed by atoms with Crippen LogP contribution in [0.2, 0.25) is 5.02 Å². The van der Waals surface area contributed by atoms with Crippen molar-refractivity contribution < 1.29 is 8.78 Å². The lowest BCUT2D eigenvalue weighted by molar-refractivity contribution is 0.622. The van der Waals surface area contributed by atoms with Gasteiger partial charge in [0.05, 0.1) is 26.6 Å². The second-order valence-electron chi connectivity index (χ2n) is 3.72. The molecule has 0 fully saturated rings. The molecule has 0 radical (unpaired) electrons. The van der Waals surface area contributed by atoms with E-state index in [0.29, 0.717) is 15.8 Å². The average Bonchev–Trinajstić information content (AvgIpc) is 2.29. The van der Waals surface area contributed by atoms with Gasteiger partial charge in [-0.05, 0) is 50.1 Å². The van der Waals surface area contributed by atoms with E-state index in [1.807, 2.05) is 0 Å². The fourth-order valence-corrected chi connectivity index (χ4v) is 2.71. The van der Waals surface area contributed by atoms with Crippen LogP contribution in [-0.2, 0) is 0 Å². The van der Waals surface area contributed by atoms with Crippen LogP contribution < -0.4 is 11.1 Å². The van der Waals surface area contributed by atoms with E-state index in [1.165, 1.54) is 24.3 Å². The molecule has 0 aromatic heterocycles. The van der Waals surface area contributed by atoms with Crippen molar-refractivity contribution in [2.45, 2.75) is 0 Å². The highest BCUT2D eigenvalue weighted by atomic mass is 79.9. The van der Waals surface area contributed by atoms with E-state index in [1.54, 1.807) is 0 Å². The van der Waals surface area contributed by atoms with Crippen molar-refractivity contribution in [3.05, 3.63) is 49.9 Å². The highest BCUT2D eigenvalue weighted by Crippen LogP contribution is 2.36. The van der Waals surface area contributed by atoms with Crippen molar-refractivity contribution >= 4 is 60.5 Å². The minimum absolute atomic E-state index is 0.187. The molecular formula is C12H7Br2ClF2N2. The quantitative estimate of drug-likeness (QED) is 0.642. The molecule has 2 rings (SSSR count). The van der Waals surface area contributed by atoms with Crippen LogP contribution in [0.4, 0.5) is 25.8 Å². The van der Waals surface area contributed by atoms with E-state index in [-0.39, 0.29) is 15.2 Å². The Morgan fingerprint density at radius 3 is 2.37 bits per heavy atom. The molecule has 0 saturated heterocycles. The molecule has 100 valence electrons. The maximum absolute atomic E-state index is 13.3. The maximum Gasteiger partial charge on any atom is 0.139 e. The molecule has 2 nitrogen and oxygen atoms in total. The predicted molar refractivity (Wildman–Crippen MR) is 80.9 cm³/mol. The number of nitrogens with one attached hydrogen (secondary N) is 1. The van der Waals surface area contributed by atoms with Gasteiger partial charge in [0.25, 0.3) is 0 Å². The highest BCUT2D eigenvalue weighted by molar-refractivity contribution is 9.10. The van der Waals surface area contributed by atoms with Crippen molar-refractivity contribution in [2.75, 3.05) is 11.1 Å². The minimum atomic E-state index is -0.465. The average molecular weight is 412 g/mol. The Morgan fingerprint density at radius 2 is 1.74 bits per heavy atom. The van der Waals surface area contributed by atoms with E-state index >= 15 is 0 Å². The van der Waals surface area contributed by atoms with Crippen LogP contribution in [0.3, 0.4) is 0 Å². The third kappa shape index (κ3) is 3.19. The summed E-state index contributed by atoms with van der Waals surface area (Å²) in [6.07, 6.45) is 0. The number of nitrogens with two attached hydrogens (primary N) is 1. The molecule has 2 aromatic carbocycles. The van der Waals surface area contributed by atoms with Gasteiger partial charge in [0.15, 0.2) is 0 Å². The van der Waals surface area contributed by atoms with Gasteiger partial charge >= 0.3 is 0 Å². The summed E-state index contributed by atoms with van der Waals surface area (Å²) in [5.41, 5.74) is 6.84. The van der Waals surface area contributed by atoms with Crippen LogP contribution in [0, 0.1) is 11.6 Å². The van der Waals surface area contributed by atoms with Crippen molar-refractivity contribution in [1.82, 2.24) is 0 Å². The third-order valence-corrected chi connectivity index (χ3v) is 3.89. The molecule has 19 heavy (non-hydrogen) atoms. The fourth-order valence-electron chi connectivity index (χ4n) is 1.47. The van der Waals surface area contributed by atoms with Crippen LogP contribution in [0.15, 0.2) is 33.2 Å². The van der Waals surface area contributed by atoms with Crippen molar-refractivity contribution in [1.29, 1.82) is 0 Å². The summed E-state index contributed by atoms with van der Waals surface area (Å²) in [5.74, 6) is -0.928. The molecule has 3 N–H and O–H groups in total. The summed E-state index contributed by atoms with van der Waals surface area (Å²) < 4.78 is 27.1. The molecule has 0 amide bonds. The first-order valence-corrected chi connectivity index (χ1v) is 7.01. The summed E-state index contributed by atoms with van der Waals surface area (Å²) in [4.78, 5) is 0. The number of anilines is 3. The second-order valence-corrected chi connectivity index (χ2v) is 5.84. The normalized spacial score (nSPS) is 10.6. The summed E-state index contributed by atoms with van der Waals surface area (Å²) in [5, 5.41) is 3.12. The number of hydrogen-bond donors (Lipinski definition) is 2. The van der Waals surface area contributed by atoms with Crippen LogP contribution in [0.1, 0.15) is 0 Å². The fraction of sp³-hybridized carbons (Fsp3) is 0. The third-order valence-electron chi connectivity index (χ3n) is 2.36. The zero-order chi connectivity index (χ0) is 14.2. The lowest BCUT2D eigenvalue weighted by Gasteiger charge is -2.13. The van der Waals surface area contributed by atoms with E-state index < -0.39 is 11.6 Å². The smallest absolute Gasteiger partial charge is 0.139 e. The van der Waals surface area contributed by atoms with Crippen LogP contribution >= 0.6 is 43.5 Å². The molecule has 7 heteroatoms. The number of rotatable bonds is 2. The van der Waals surface area contributed by atoms with E-state index in [9.17, 15) is 8.78 Å². The van der Waals surface area contributed by atoms with Gasteiger partial charge in [-0.3, -0.25) is 0 Å². The van der Waals surface area contributed by atoms with Gasteiger partial charge in [-0.1, -0.05) is 11.6 Å². The van der Waals surface area contributed by atoms with E-state index in [4.69, 9.17) is 17.3 Å². The van der Waals surface area contributed by atoms with E-state index in [0.717, 1.165) is 0 Å². The first kappa shape index (κ1) is 14.6. The summed E-state index contributed by atoms with van der Waals surface area (Å²) in [6.45, 7) is 0. The lowest BCUT2D eigenvalue weighted by Crippen LogP contribution is -1.99. The zero-order valence-corrected chi connectivity index (χ0v) is 13.2. The molecule has 0 bridgehead atoms. The molecule has 0 spiro atoms. The monoisotopic (exact) mass is 410 g/mol. The van der Waals surface area contributed by atoms with Crippen LogP contribution in [0.25, 0.3) is 0 Å². The topological polar surface area (TPSA) is 38.0 Å². The van der Waals surface area contributed by atoms with Crippen molar-refractivity contribution in [3.63, 3.8) is 0 Å². The molecule has 0 saturated carbocycles. The minimum Gasteiger partial charge on any atom is -0.397 e. The summed E-state index contributed by atoms with van der Waals surface area (Å²) in [6, 6.07) is 5.10. The molecule has 0 aliphatic carbocycles. The Kier molecular flexibility index (Phi) is 4.32. The molecule has 0 unspecified atom stereocenters. The maximum atomic E-state index is 13.3. The molecule has 0 heterocycles. The van der Waals surface area contributed by atoms with Gasteiger partial charge in [0.2, 0.25) is 0 Å². The van der Waals surface area contributed by atoms with E-state index in [2.05, 4.69) is 37.2 Å². The van der Waals surface area contributed by atoms with Gasteiger partial charge in [0, 0.05) is 10.5 Å². The molecule has 0 aliphatic rings. The first-order valence-electron chi connectivity index (χ1n) is 5.04. The Morgan fingerprint density at radius 1 is 1.05 bits per heavy atom. The van der Waals surface area contributed by atoms with Crippen LogP contribution in [-0.4, -0.2) is 0 Å². The predicted octanol–water partition coefficient (Wildman–Crippen LogP) is 5.47. The van der Waals surface area contributed by atoms with Gasteiger partial charge in [-0.2, -0.15) is 0 Å². The molecule has 0 aliphatic heterocycles. The van der Waals surface area contributed by atoms with Crippen LogP contribution in [0.5, 0.6) is 0 Å². The lowest BCUT2D eigenvalue weighted by atomic mass is 10.2. The van der Waals surface area contributed by atoms with Gasteiger partial charge in [-0.25, -0.2) is 8.78 Å². The number of benzene rings is 2. The summed E-state index contributed by atoms with van der Waals surface area (Å²) >= 11 is 12.2. The standard InChI is InChI=1S/C12H7Br2ClF2N2/c13-6-3-11(10(18)4-9(6)17)19-12-7(14)1-5(16)2-8(12)15/h1-4,19H,18H2. The zero-order valence-electron chi connectivity index (χ0n) is 9.28. The van der Waals surface area contributed by atoms with Crippen molar-refractivity contribution in [2.24, 2.45) is 0 Å². The second kappa shape index (κ2) is 5.64. The first-order chi connectivity index (χ1) is 8.88. The molecule has 2 aromatic rings. The summed E-state index contributed by atoms with van der Waals surface area (Å²) in [7, 11) is 0. The molecule has 0 atom stereocenters. The number of halogens is 5. The van der Waals surface area contributed by atoms with Gasteiger partial charge in [-0.15, -0.1) is 0 Å². The number of nitrogen functional groups attached to an aromatic ring is 1. The number of hydrogen-bond acceptors (Lipinski definition) is 2.